The molecule has 1 aliphatic rings. The molecule has 0 radical (unpaired) electrons. The van der Waals surface area contributed by atoms with Crippen LogP contribution in [0.15, 0.2) is 54.7 Å². The molecule has 162 valence electrons. The highest BCUT2D eigenvalue weighted by Crippen LogP contribution is 2.13. The van der Waals surface area contributed by atoms with Gasteiger partial charge in [-0.25, -0.2) is 9.67 Å². The monoisotopic (exact) mass is 417 g/mol. The van der Waals surface area contributed by atoms with Gasteiger partial charge in [0.1, 0.15) is 0 Å². The van der Waals surface area contributed by atoms with Gasteiger partial charge in [0.2, 0.25) is 0 Å². The van der Waals surface area contributed by atoms with E-state index in [2.05, 4.69) is 45.3 Å². The summed E-state index contributed by atoms with van der Waals surface area (Å²) in [5, 5.41) is 4.46. The number of carbonyl (C=O) groups is 1. The molecule has 3 aromatic rings. The lowest BCUT2D eigenvalue weighted by atomic mass is 10.1. The van der Waals surface area contributed by atoms with Crippen LogP contribution in [-0.2, 0) is 6.42 Å². The number of benzene rings is 1. The smallest absolute Gasteiger partial charge is 0.255 e. The maximum absolute atomic E-state index is 13.0. The van der Waals surface area contributed by atoms with Crippen LogP contribution in [0.1, 0.15) is 40.2 Å². The minimum Gasteiger partial charge on any atom is -0.337 e. The summed E-state index contributed by atoms with van der Waals surface area (Å²) in [5.74, 6) is 0.807. The second kappa shape index (κ2) is 9.88. The highest BCUT2D eigenvalue weighted by Gasteiger charge is 2.20. The average Bonchev–Trinajstić information content (AvgIpc) is 2.98. The van der Waals surface area contributed by atoms with Crippen LogP contribution >= 0.6 is 0 Å². The topological polar surface area (TPSA) is 54.3 Å². The van der Waals surface area contributed by atoms with Crippen molar-refractivity contribution < 1.29 is 4.79 Å². The third kappa shape index (κ3) is 5.39. The van der Waals surface area contributed by atoms with E-state index in [0.717, 1.165) is 69.2 Å². The van der Waals surface area contributed by atoms with Crippen molar-refractivity contribution in [2.24, 2.45) is 0 Å². The zero-order valence-electron chi connectivity index (χ0n) is 18.5. The summed E-state index contributed by atoms with van der Waals surface area (Å²) >= 11 is 0. The number of rotatable bonds is 6. The van der Waals surface area contributed by atoms with Gasteiger partial charge in [-0.05, 0) is 70.0 Å². The van der Waals surface area contributed by atoms with Crippen LogP contribution in [-0.4, -0.2) is 63.2 Å². The van der Waals surface area contributed by atoms with E-state index < -0.39 is 0 Å². The Bertz CT molecular complexity index is 997. The van der Waals surface area contributed by atoms with Crippen molar-refractivity contribution in [2.75, 3.05) is 32.7 Å². The van der Waals surface area contributed by atoms with Crippen molar-refractivity contribution in [1.82, 2.24) is 24.6 Å². The van der Waals surface area contributed by atoms with Gasteiger partial charge in [0, 0.05) is 31.5 Å². The SMILES string of the molecule is Cc1cc(C)n(-c2ccc(C(=O)N3CCCN(CCCc4ccccc4)CC3)cn2)n1. The van der Waals surface area contributed by atoms with Crippen LogP contribution in [0.25, 0.3) is 5.82 Å². The van der Waals surface area contributed by atoms with E-state index in [4.69, 9.17) is 0 Å². The Morgan fingerprint density at radius 1 is 1.00 bits per heavy atom. The molecule has 0 N–H and O–H groups in total. The number of aromatic nitrogens is 3. The number of aryl methyl sites for hydroxylation is 3. The van der Waals surface area contributed by atoms with E-state index in [-0.39, 0.29) is 5.91 Å². The lowest BCUT2D eigenvalue weighted by Crippen LogP contribution is -2.35. The van der Waals surface area contributed by atoms with E-state index in [0.29, 0.717) is 5.56 Å². The van der Waals surface area contributed by atoms with Crippen molar-refractivity contribution in [1.29, 1.82) is 0 Å². The van der Waals surface area contributed by atoms with Gasteiger partial charge in [0.05, 0.1) is 11.3 Å². The normalized spacial score (nSPS) is 15.1. The first-order valence-electron chi connectivity index (χ1n) is 11.2. The fraction of sp³-hybridized carbons (Fsp3) is 0.400. The van der Waals surface area contributed by atoms with Gasteiger partial charge in [0.25, 0.3) is 5.91 Å². The van der Waals surface area contributed by atoms with Crippen molar-refractivity contribution in [3.63, 3.8) is 0 Å². The van der Waals surface area contributed by atoms with Gasteiger partial charge in [-0.3, -0.25) is 4.79 Å². The van der Waals surface area contributed by atoms with Crippen LogP contribution in [0.4, 0.5) is 0 Å². The second-order valence-corrected chi connectivity index (χ2v) is 8.32. The molecule has 0 unspecified atom stereocenters. The summed E-state index contributed by atoms with van der Waals surface area (Å²) in [4.78, 5) is 22.0. The number of pyridine rings is 1. The minimum atomic E-state index is 0.0681. The van der Waals surface area contributed by atoms with Crippen molar-refractivity contribution in [3.05, 3.63) is 77.2 Å². The number of hydrogen-bond donors (Lipinski definition) is 0. The molecule has 0 spiro atoms. The number of nitrogens with zero attached hydrogens (tertiary/aromatic N) is 5. The van der Waals surface area contributed by atoms with E-state index in [1.165, 1.54) is 5.56 Å². The van der Waals surface area contributed by atoms with Gasteiger partial charge in [-0.2, -0.15) is 5.10 Å². The zero-order valence-corrected chi connectivity index (χ0v) is 18.5. The Labute approximate surface area is 184 Å². The predicted molar refractivity (Wildman–Crippen MR) is 123 cm³/mol. The zero-order chi connectivity index (χ0) is 21.6. The molecule has 1 aliphatic heterocycles. The van der Waals surface area contributed by atoms with Crippen LogP contribution in [0.3, 0.4) is 0 Å². The van der Waals surface area contributed by atoms with E-state index >= 15 is 0 Å². The molecule has 1 amide bonds. The number of hydrogen-bond acceptors (Lipinski definition) is 4. The summed E-state index contributed by atoms with van der Waals surface area (Å²) in [7, 11) is 0. The molecule has 0 aliphatic carbocycles. The van der Waals surface area contributed by atoms with Crippen molar-refractivity contribution in [3.8, 4) is 5.82 Å². The molecule has 3 heterocycles. The Balaban J connectivity index is 1.30. The van der Waals surface area contributed by atoms with Gasteiger partial charge >= 0.3 is 0 Å². The number of carbonyl (C=O) groups excluding carboxylic acids is 1. The molecule has 6 nitrogen and oxygen atoms in total. The molecule has 0 atom stereocenters. The Kier molecular flexibility index (Phi) is 6.77. The molecule has 0 bridgehead atoms. The van der Waals surface area contributed by atoms with Gasteiger partial charge in [0.15, 0.2) is 5.82 Å². The van der Waals surface area contributed by atoms with Crippen LogP contribution < -0.4 is 0 Å². The summed E-state index contributed by atoms with van der Waals surface area (Å²) in [6.45, 7) is 8.59. The Morgan fingerprint density at radius 2 is 1.84 bits per heavy atom. The molecule has 4 rings (SSSR count). The molecule has 6 heteroatoms. The highest BCUT2D eigenvalue weighted by molar-refractivity contribution is 5.94. The molecule has 31 heavy (non-hydrogen) atoms. The molecular weight excluding hydrogens is 386 g/mol. The molecule has 2 aromatic heterocycles. The summed E-state index contributed by atoms with van der Waals surface area (Å²) in [6, 6.07) is 16.4. The summed E-state index contributed by atoms with van der Waals surface area (Å²) in [5.41, 5.74) is 4.02. The summed E-state index contributed by atoms with van der Waals surface area (Å²) in [6.07, 6.45) is 4.94. The fourth-order valence-electron chi connectivity index (χ4n) is 4.23. The van der Waals surface area contributed by atoms with Gasteiger partial charge in [-0.15, -0.1) is 0 Å². The summed E-state index contributed by atoms with van der Waals surface area (Å²) < 4.78 is 1.81. The standard InChI is InChI=1S/C25H31N5O/c1-20-18-21(2)30(27-20)24-12-11-23(19-26-24)25(31)29-15-7-14-28(16-17-29)13-6-10-22-8-4-3-5-9-22/h3-5,8-9,11-12,18-19H,6-7,10,13-17H2,1-2H3. The Morgan fingerprint density at radius 3 is 2.55 bits per heavy atom. The third-order valence-electron chi connectivity index (χ3n) is 5.88. The molecular formula is C25H31N5O. The third-order valence-corrected chi connectivity index (χ3v) is 5.88. The molecule has 1 saturated heterocycles. The average molecular weight is 418 g/mol. The lowest BCUT2D eigenvalue weighted by Gasteiger charge is -2.22. The Hall–Kier alpha value is -2.99. The van der Waals surface area contributed by atoms with Crippen molar-refractivity contribution >= 4 is 5.91 Å². The first kappa shape index (κ1) is 21.2. The van der Waals surface area contributed by atoms with Gasteiger partial charge in [-0.1, -0.05) is 30.3 Å². The van der Waals surface area contributed by atoms with Crippen molar-refractivity contribution in [2.45, 2.75) is 33.1 Å². The molecule has 1 fully saturated rings. The first-order valence-corrected chi connectivity index (χ1v) is 11.2. The van der Waals surface area contributed by atoms with Crippen LogP contribution in [0, 0.1) is 13.8 Å². The number of amides is 1. The fourth-order valence-corrected chi connectivity index (χ4v) is 4.23. The van der Waals surface area contributed by atoms with Crippen LogP contribution in [0.5, 0.6) is 0 Å². The predicted octanol–water partition coefficient (Wildman–Crippen LogP) is 3.66. The van der Waals surface area contributed by atoms with E-state index in [9.17, 15) is 4.79 Å². The minimum absolute atomic E-state index is 0.0681. The largest absolute Gasteiger partial charge is 0.337 e. The maximum atomic E-state index is 13.0. The quantitative estimate of drug-likeness (QED) is 0.614. The van der Waals surface area contributed by atoms with E-state index in [1.54, 1.807) is 6.20 Å². The maximum Gasteiger partial charge on any atom is 0.255 e. The van der Waals surface area contributed by atoms with E-state index in [1.807, 2.05) is 41.6 Å². The van der Waals surface area contributed by atoms with Gasteiger partial charge < -0.3 is 9.80 Å². The first-order chi connectivity index (χ1) is 15.1. The molecule has 1 aromatic carbocycles. The highest BCUT2D eigenvalue weighted by atomic mass is 16.2. The molecule has 0 saturated carbocycles. The lowest BCUT2D eigenvalue weighted by molar-refractivity contribution is 0.0761. The second-order valence-electron chi connectivity index (χ2n) is 8.32. The van der Waals surface area contributed by atoms with Crippen LogP contribution in [0.2, 0.25) is 0 Å².